The van der Waals surface area contributed by atoms with E-state index in [9.17, 15) is 31.1 Å². The van der Waals surface area contributed by atoms with Gasteiger partial charge in [0.15, 0.2) is 11.5 Å². The minimum absolute atomic E-state index is 0.0179. The van der Waals surface area contributed by atoms with Crippen LogP contribution in [0.2, 0.25) is 0 Å². The summed E-state index contributed by atoms with van der Waals surface area (Å²) >= 11 is 0. The summed E-state index contributed by atoms with van der Waals surface area (Å²) in [5.41, 5.74) is -0.966. The summed E-state index contributed by atoms with van der Waals surface area (Å²) in [7, 11) is 0. The molecule has 0 bridgehead atoms. The Morgan fingerprint density at radius 3 is 2.10 bits per heavy atom. The van der Waals surface area contributed by atoms with Gasteiger partial charge in [0.05, 0.1) is 5.56 Å². The van der Waals surface area contributed by atoms with Crippen molar-refractivity contribution in [3.63, 3.8) is 0 Å². The molecule has 5 nitrogen and oxygen atoms in total. The Morgan fingerprint density at radius 2 is 1.61 bits per heavy atom. The van der Waals surface area contributed by atoms with E-state index < -0.39 is 36.4 Å². The topological polar surface area (TPSA) is 67.2 Å². The van der Waals surface area contributed by atoms with Crippen LogP contribution in [-0.4, -0.2) is 29.3 Å². The van der Waals surface area contributed by atoms with Gasteiger partial charge in [0.1, 0.15) is 6.04 Å². The lowest BCUT2D eigenvalue weighted by Crippen LogP contribution is -2.40. The zero-order valence-corrected chi connectivity index (χ0v) is 17.3. The van der Waals surface area contributed by atoms with E-state index in [2.05, 4.69) is 15.8 Å². The van der Waals surface area contributed by atoms with Crippen molar-refractivity contribution >= 4 is 5.91 Å². The van der Waals surface area contributed by atoms with Gasteiger partial charge in [-0.15, -0.1) is 0 Å². The first-order chi connectivity index (χ1) is 14.2. The molecule has 2 N–H and O–H groups in total. The molecule has 172 valence electrons. The van der Waals surface area contributed by atoms with Crippen LogP contribution in [0.3, 0.4) is 0 Å². The molecule has 0 spiro atoms. The number of nitrogens with zero attached hydrogens (tertiary/aromatic N) is 1. The highest BCUT2D eigenvalue weighted by atomic mass is 19.4. The number of benzene rings is 1. The second-order valence-corrected chi connectivity index (χ2v) is 7.56. The standard InChI is InChI=1S/C20H23F6N3O2/c1-10(2)11(3)28-18(30)16-15(9-27-12(4)19(21,22)23)17(31-29-16)13-5-7-14(8-6-13)20(24,25)26/h5-8,10-12,27H,9H2,1-4H3,(H,28,30). The van der Waals surface area contributed by atoms with Crippen molar-refractivity contribution in [2.24, 2.45) is 5.92 Å². The van der Waals surface area contributed by atoms with Crippen molar-refractivity contribution in [3.05, 3.63) is 41.1 Å². The normalized spacial score (nSPS) is 14.5. The molecule has 2 rings (SSSR count). The fourth-order valence-corrected chi connectivity index (χ4v) is 2.50. The summed E-state index contributed by atoms with van der Waals surface area (Å²) < 4.78 is 82.3. The van der Waals surface area contributed by atoms with E-state index in [-0.39, 0.29) is 34.5 Å². The number of nitrogens with one attached hydrogen (secondary N) is 2. The Balaban J connectivity index is 2.41. The van der Waals surface area contributed by atoms with Crippen LogP contribution in [0.5, 0.6) is 0 Å². The molecule has 0 aliphatic rings. The fourth-order valence-electron chi connectivity index (χ4n) is 2.50. The summed E-state index contributed by atoms with van der Waals surface area (Å²) in [6, 6.07) is 1.70. The maximum Gasteiger partial charge on any atom is 0.416 e. The Bertz CT molecular complexity index is 888. The van der Waals surface area contributed by atoms with Crippen molar-refractivity contribution in [3.8, 4) is 11.3 Å². The molecule has 0 saturated carbocycles. The van der Waals surface area contributed by atoms with Crippen molar-refractivity contribution in [1.82, 2.24) is 15.8 Å². The van der Waals surface area contributed by atoms with Crippen molar-refractivity contribution < 1.29 is 35.7 Å². The van der Waals surface area contributed by atoms with Gasteiger partial charge in [-0.3, -0.25) is 4.79 Å². The molecule has 31 heavy (non-hydrogen) atoms. The molecule has 2 aromatic rings. The van der Waals surface area contributed by atoms with E-state index in [1.807, 2.05) is 13.8 Å². The molecule has 0 saturated heterocycles. The minimum Gasteiger partial charge on any atom is -0.355 e. The van der Waals surface area contributed by atoms with Crippen LogP contribution in [0.1, 0.15) is 49.3 Å². The van der Waals surface area contributed by atoms with Gasteiger partial charge in [-0.2, -0.15) is 26.3 Å². The zero-order chi connectivity index (χ0) is 23.6. The largest absolute Gasteiger partial charge is 0.416 e. The van der Waals surface area contributed by atoms with Crippen LogP contribution in [0.4, 0.5) is 26.3 Å². The van der Waals surface area contributed by atoms with Crippen LogP contribution < -0.4 is 10.6 Å². The Labute approximate surface area is 175 Å². The SMILES string of the molecule is CC(C)C(C)NC(=O)c1noc(-c2ccc(C(F)(F)F)cc2)c1CNC(C)C(F)(F)F. The Kier molecular flexibility index (Phi) is 7.40. The number of rotatable bonds is 7. The predicted octanol–water partition coefficient (Wildman–Crippen LogP) is 5.18. The first-order valence-corrected chi connectivity index (χ1v) is 9.49. The third-order valence-corrected chi connectivity index (χ3v) is 4.91. The van der Waals surface area contributed by atoms with Crippen molar-refractivity contribution in [2.75, 3.05) is 0 Å². The number of aromatic nitrogens is 1. The van der Waals surface area contributed by atoms with Crippen LogP contribution in [0.25, 0.3) is 11.3 Å². The molecule has 1 heterocycles. The third kappa shape index (κ3) is 6.22. The van der Waals surface area contributed by atoms with E-state index in [0.717, 1.165) is 31.2 Å². The van der Waals surface area contributed by atoms with Gasteiger partial charge in [-0.1, -0.05) is 31.1 Å². The Morgan fingerprint density at radius 1 is 1.03 bits per heavy atom. The quantitative estimate of drug-likeness (QED) is 0.570. The third-order valence-electron chi connectivity index (χ3n) is 4.91. The van der Waals surface area contributed by atoms with Crippen LogP contribution in [-0.2, 0) is 12.7 Å². The van der Waals surface area contributed by atoms with Crippen molar-refractivity contribution in [1.29, 1.82) is 0 Å². The van der Waals surface area contributed by atoms with Gasteiger partial charge in [-0.25, -0.2) is 0 Å². The maximum absolute atomic E-state index is 12.9. The second kappa shape index (κ2) is 9.29. The monoisotopic (exact) mass is 451 g/mol. The molecule has 1 aromatic heterocycles. The van der Waals surface area contributed by atoms with E-state index >= 15 is 0 Å². The van der Waals surface area contributed by atoms with E-state index in [0.29, 0.717) is 0 Å². The highest BCUT2D eigenvalue weighted by molar-refractivity contribution is 5.95. The summed E-state index contributed by atoms with van der Waals surface area (Å²) in [6.45, 7) is 5.97. The molecule has 0 fully saturated rings. The molecule has 2 unspecified atom stereocenters. The van der Waals surface area contributed by atoms with Gasteiger partial charge >= 0.3 is 12.4 Å². The smallest absolute Gasteiger partial charge is 0.355 e. The number of alkyl halides is 6. The number of carbonyl (C=O) groups excluding carboxylic acids is 1. The summed E-state index contributed by atoms with van der Waals surface area (Å²) in [5.74, 6) is -0.658. The van der Waals surface area contributed by atoms with E-state index in [4.69, 9.17) is 4.52 Å². The minimum atomic E-state index is -4.55. The summed E-state index contributed by atoms with van der Waals surface area (Å²) in [6.07, 6.45) is -9.08. The van der Waals surface area contributed by atoms with Crippen LogP contribution in [0.15, 0.2) is 28.8 Å². The van der Waals surface area contributed by atoms with Gasteiger partial charge in [-0.05, 0) is 31.9 Å². The van der Waals surface area contributed by atoms with Gasteiger partial charge in [0, 0.05) is 23.7 Å². The highest BCUT2D eigenvalue weighted by Crippen LogP contribution is 2.33. The van der Waals surface area contributed by atoms with Gasteiger partial charge in [0.25, 0.3) is 5.91 Å². The molecule has 0 aliphatic carbocycles. The number of hydrogen-bond acceptors (Lipinski definition) is 4. The molecule has 11 heteroatoms. The second-order valence-electron chi connectivity index (χ2n) is 7.56. The predicted molar refractivity (Wildman–Crippen MR) is 101 cm³/mol. The average molecular weight is 451 g/mol. The molecule has 2 atom stereocenters. The first-order valence-electron chi connectivity index (χ1n) is 9.49. The lowest BCUT2D eigenvalue weighted by molar-refractivity contribution is -0.151. The average Bonchev–Trinajstić information content (AvgIpc) is 3.08. The highest BCUT2D eigenvalue weighted by Gasteiger charge is 2.36. The van der Waals surface area contributed by atoms with Gasteiger partial charge in [0.2, 0.25) is 0 Å². The summed E-state index contributed by atoms with van der Waals surface area (Å²) in [5, 5.41) is 8.63. The molecule has 0 aliphatic heterocycles. The number of halogens is 6. The van der Waals surface area contributed by atoms with Crippen molar-refractivity contribution in [2.45, 2.75) is 58.7 Å². The fraction of sp³-hybridized carbons (Fsp3) is 0.500. The van der Waals surface area contributed by atoms with Gasteiger partial charge < -0.3 is 15.2 Å². The lowest BCUT2D eigenvalue weighted by atomic mass is 10.0. The van der Waals surface area contributed by atoms with Crippen LogP contribution in [0, 0.1) is 5.92 Å². The molecule has 1 amide bonds. The van der Waals surface area contributed by atoms with E-state index in [1.54, 1.807) is 6.92 Å². The number of amides is 1. The number of carbonyl (C=O) groups is 1. The molecular weight excluding hydrogens is 428 g/mol. The van der Waals surface area contributed by atoms with Crippen LogP contribution >= 0.6 is 0 Å². The first kappa shape index (κ1) is 24.7. The number of hydrogen-bond donors (Lipinski definition) is 2. The summed E-state index contributed by atoms with van der Waals surface area (Å²) in [4.78, 5) is 12.6. The lowest BCUT2D eigenvalue weighted by Gasteiger charge is -2.18. The zero-order valence-electron chi connectivity index (χ0n) is 17.3. The molecule has 1 aromatic carbocycles. The maximum atomic E-state index is 12.9. The van der Waals surface area contributed by atoms with E-state index in [1.165, 1.54) is 0 Å². The molecule has 0 radical (unpaired) electrons. The Hall–Kier alpha value is -2.56. The molecular formula is C20H23F6N3O2.